The lowest BCUT2D eigenvalue weighted by Gasteiger charge is -2.20. The molecule has 8 nitrogen and oxygen atoms in total. The van der Waals surface area contributed by atoms with Gasteiger partial charge in [-0.15, -0.1) is 10.2 Å². The zero-order valence-electron chi connectivity index (χ0n) is 14.6. The van der Waals surface area contributed by atoms with Gasteiger partial charge in [0.05, 0.1) is 10.2 Å². The van der Waals surface area contributed by atoms with Gasteiger partial charge in [0.15, 0.2) is 0 Å². The molecule has 1 heterocycles. The Morgan fingerprint density at radius 3 is 2.63 bits per heavy atom. The van der Waals surface area contributed by atoms with Gasteiger partial charge in [0.2, 0.25) is 11.8 Å². The molecule has 0 unspecified atom stereocenters. The second-order valence-electron chi connectivity index (χ2n) is 5.67. The van der Waals surface area contributed by atoms with Crippen LogP contribution >= 0.6 is 11.8 Å². The van der Waals surface area contributed by atoms with Crippen LogP contribution in [-0.4, -0.2) is 33.3 Å². The van der Waals surface area contributed by atoms with E-state index >= 15 is 0 Å². The van der Waals surface area contributed by atoms with Crippen molar-refractivity contribution in [3.05, 3.63) is 64.7 Å². The molecule has 138 valence electrons. The van der Waals surface area contributed by atoms with Crippen molar-refractivity contribution >= 4 is 29.0 Å². The summed E-state index contributed by atoms with van der Waals surface area (Å²) in [6.45, 7) is 1.75. The lowest BCUT2D eigenvalue weighted by Crippen LogP contribution is -2.33. The number of nitro benzene ring substituents is 1. The third kappa shape index (κ3) is 4.32. The monoisotopic (exact) mass is 384 g/mol. The van der Waals surface area contributed by atoms with E-state index in [0.29, 0.717) is 5.56 Å². The number of carbonyl (C=O) groups excluding carboxylic acids is 1. The molecule has 3 aromatic rings. The Bertz CT molecular complexity index is 961. The smallest absolute Gasteiger partial charge is 0.277 e. The number of anilines is 1. The van der Waals surface area contributed by atoms with Crippen molar-refractivity contribution in [3.8, 4) is 11.5 Å². The molecule has 0 bridgehead atoms. The second-order valence-corrected chi connectivity index (χ2v) is 6.97. The number of para-hydroxylation sites is 1. The predicted molar refractivity (Wildman–Crippen MR) is 102 cm³/mol. The molecule has 0 spiro atoms. The van der Waals surface area contributed by atoms with Gasteiger partial charge in [0.1, 0.15) is 0 Å². The van der Waals surface area contributed by atoms with E-state index < -0.39 is 10.2 Å². The Balaban J connectivity index is 1.71. The Morgan fingerprint density at radius 1 is 1.19 bits per heavy atom. The maximum absolute atomic E-state index is 12.6. The summed E-state index contributed by atoms with van der Waals surface area (Å²) < 4.78 is 5.56. The molecule has 2 aromatic carbocycles. The van der Waals surface area contributed by atoms with E-state index in [1.54, 1.807) is 31.0 Å². The van der Waals surface area contributed by atoms with Crippen LogP contribution in [0.4, 0.5) is 11.4 Å². The van der Waals surface area contributed by atoms with Crippen molar-refractivity contribution in [2.45, 2.75) is 17.4 Å². The highest BCUT2D eigenvalue weighted by Gasteiger charge is 2.23. The quantitative estimate of drug-likeness (QED) is 0.362. The minimum Gasteiger partial charge on any atom is -0.411 e. The molecule has 1 aromatic heterocycles. The van der Waals surface area contributed by atoms with E-state index in [0.717, 1.165) is 17.4 Å². The van der Waals surface area contributed by atoms with Crippen LogP contribution in [0.3, 0.4) is 0 Å². The van der Waals surface area contributed by atoms with Crippen molar-refractivity contribution in [2.75, 3.05) is 11.9 Å². The Morgan fingerprint density at radius 2 is 1.93 bits per heavy atom. The first kappa shape index (κ1) is 18.6. The van der Waals surface area contributed by atoms with E-state index in [1.807, 2.05) is 30.3 Å². The summed E-state index contributed by atoms with van der Waals surface area (Å²) in [6, 6.07) is 15.2. The van der Waals surface area contributed by atoms with Gasteiger partial charge < -0.3 is 9.32 Å². The van der Waals surface area contributed by atoms with Gasteiger partial charge in [-0.05, 0) is 25.1 Å². The summed E-state index contributed by atoms with van der Waals surface area (Å²) >= 11 is 1.14. The highest BCUT2D eigenvalue weighted by atomic mass is 32.2. The molecule has 0 aliphatic rings. The van der Waals surface area contributed by atoms with E-state index in [4.69, 9.17) is 4.42 Å². The number of benzene rings is 2. The van der Waals surface area contributed by atoms with Gasteiger partial charge in [0, 0.05) is 30.4 Å². The first-order chi connectivity index (χ1) is 13.0. The van der Waals surface area contributed by atoms with Gasteiger partial charge in [-0.3, -0.25) is 14.9 Å². The molecule has 3 rings (SSSR count). The van der Waals surface area contributed by atoms with Gasteiger partial charge in [-0.2, -0.15) is 0 Å². The SMILES string of the molecule is C[C@@H](Sc1nnc(-c2cccc([N+](=O)[O-])c2)o1)C(=O)N(C)c1ccccc1. The lowest BCUT2D eigenvalue weighted by molar-refractivity contribution is -0.384. The van der Waals surface area contributed by atoms with Crippen LogP contribution in [0.25, 0.3) is 11.5 Å². The fraction of sp³-hybridized carbons (Fsp3) is 0.167. The van der Waals surface area contributed by atoms with Crippen LogP contribution in [0.5, 0.6) is 0 Å². The van der Waals surface area contributed by atoms with Crippen molar-refractivity contribution in [1.29, 1.82) is 0 Å². The minimum absolute atomic E-state index is 0.0621. The fourth-order valence-corrected chi connectivity index (χ4v) is 3.16. The van der Waals surface area contributed by atoms with E-state index in [9.17, 15) is 14.9 Å². The molecule has 0 aliphatic carbocycles. The van der Waals surface area contributed by atoms with Gasteiger partial charge in [-0.25, -0.2) is 0 Å². The topological polar surface area (TPSA) is 102 Å². The van der Waals surface area contributed by atoms with Crippen molar-refractivity contribution in [2.24, 2.45) is 0 Å². The largest absolute Gasteiger partial charge is 0.411 e. The third-order valence-corrected chi connectivity index (χ3v) is 4.73. The van der Waals surface area contributed by atoms with Crippen molar-refractivity contribution in [3.63, 3.8) is 0 Å². The standard InChI is InChI=1S/C18H16N4O4S/c1-12(17(23)21(2)14-8-4-3-5-9-14)27-18-20-19-16(26-18)13-7-6-10-15(11-13)22(24)25/h3-12H,1-2H3/t12-/m1/s1. The first-order valence-electron chi connectivity index (χ1n) is 8.03. The number of nitrogens with zero attached hydrogens (tertiary/aromatic N) is 4. The van der Waals surface area contributed by atoms with E-state index in [2.05, 4.69) is 10.2 Å². The number of non-ortho nitro benzene ring substituents is 1. The predicted octanol–water partition coefficient (Wildman–Crippen LogP) is 3.79. The molecule has 0 saturated carbocycles. The van der Waals surface area contributed by atoms with Crippen LogP contribution in [0, 0.1) is 10.1 Å². The van der Waals surface area contributed by atoms with Gasteiger partial charge in [-0.1, -0.05) is 36.0 Å². The van der Waals surface area contributed by atoms with Crippen LogP contribution < -0.4 is 4.90 Å². The lowest BCUT2D eigenvalue weighted by atomic mass is 10.2. The maximum Gasteiger partial charge on any atom is 0.277 e. The average Bonchev–Trinajstić information content (AvgIpc) is 3.16. The molecule has 27 heavy (non-hydrogen) atoms. The molecule has 9 heteroatoms. The molecule has 1 amide bonds. The summed E-state index contributed by atoms with van der Waals surface area (Å²) in [6.07, 6.45) is 0. The Labute approximate surface area is 159 Å². The molecular weight excluding hydrogens is 368 g/mol. The molecule has 0 fully saturated rings. The molecule has 0 N–H and O–H groups in total. The molecular formula is C18H16N4O4S. The average molecular weight is 384 g/mol. The van der Waals surface area contributed by atoms with Crippen LogP contribution in [-0.2, 0) is 4.79 Å². The number of amides is 1. The van der Waals surface area contributed by atoms with Crippen molar-refractivity contribution in [1.82, 2.24) is 10.2 Å². The zero-order valence-corrected chi connectivity index (χ0v) is 15.4. The number of aromatic nitrogens is 2. The van der Waals surface area contributed by atoms with Gasteiger partial charge in [0.25, 0.3) is 10.9 Å². The summed E-state index contributed by atoms with van der Waals surface area (Å²) in [7, 11) is 1.71. The van der Waals surface area contributed by atoms with Crippen LogP contribution in [0.1, 0.15) is 6.92 Å². The second kappa shape index (κ2) is 8.00. The minimum atomic E-state index is -0.490. The summed E-state index contributed by atoms with van der Waals surface area (Å²) in [5, 5.41) is 18.5. The molecule has 1 atom stereocenters. The first-order valence-corrected chi connectivity index (χ1v) is 8.91. The Kier molecular flexibility index (Phi) is 5.51. The van der Waals surface area contributed by atoms with Crippen LogP contribution in [0.15, 0.2) is 64.2 Å². The number of rotatable bonds is 6. The normalized spacial score (nSPS) is 11.8. The number of hydrogen-bond donors (Lipinski definition) is 0. The number of nitro groups is 1. The van der Waals surface area contributed by atoms with Crippen LogP contribution in [0.2, 0.25) is 0 Å². The third-order valence-electron chi connectivity index (χ3n) is 3.81. The molecule has 0 aliphatic heterocycles. The summed E-state index contributed by atoms with van der Waals surface area (Å²) in [5.41, 5.74) is 1.18. The zero-order chi connectivity index (χ0) is 19.4. The Hall–Kier alpha value is -3.20. The molecule has 0 radical (unpaired) electrons. The summed E-state index contributed by atoms with van der Waals surface area (Å²) in [4.78, 5) is 24.5. The molecule has 0 saturated heterocycles. The van der Waals surface area contributed by atoms with Crippen molar-refractivity contribution < 1.29 is 14.1 Å². The van der Waals surface area contributed by atoms with Gasteiger partial charge >= 0.3 is 0 Å². The maximum atomic E-state index is 12.6. The van der Waals surface area contributed by atoms with E-state index in [-0.39, 0.29) is 22.7 Å². The summed E-state index contributed by atoms with van der Waals surface area (Å²) in [5.74, 6) is 0.0542. The fourth-order valence-electron chi connectivity index (χ4n) is 2.38. The van der Waals surface area contributed by atoms with E-state index in [1.165, 1.54) is 12.1 Å². The highest BCUT2D eigenvalue weighted by Crippen LogP contribution is 2.29. The number of hydrogen-bond acceptors (Lipinski definition) is 7. The highest BCUT2D eigenvalue weighted by molar-refractivity contribution is 8.00. The number of carbonyl (C=O) groups is 1. The number of thioether (sulfide) groups is 1.